The van der Waals surface area contributed by atoms with Crippen molar-refractivity contribution in [3.05, 3.63) is 47.5 Å². The van der Waals surface area contributed by atoms with Gasteiger partial charge < -0.3 is 4.90 Å². The van der Waals surface area contributed by atoms with E-state index in [0.717, 1.165) is 12.8 Å². The van der Waals surface area contributed by atoms with Crippen LogP contribution < -0.4 is 0 Å². The van der Waals surface area contributed by atoms with Gasteiger partial charge in [-0.05, 0) is 36.8 Å². The number of benzene rings is 1. The minimum absolute atomic E-state index is 0.245. The molecule has 0 fully saturated rings. The van der Waals surface area contributed by atoms with Crippen molar-refractivity contribution in [2.24, 2.45) is 5.92 Å². The van der Waals surface area contributed by atoms with Crippen molar-refractivity contribution < 1.29 is 4.79 Å². The minimum Gasteiger partial charge on any atom is -0.341 e. The van der Waals surface area contributed by atoms with E-state index in [1.807, 2.05) is 24.1 Å². The fraction of sp³-hybridized carbons (Fsp3) is 0.438. The first-order chi connectivity index (χ1) is 8.66. The lowest BCUT2D eigenvalue weighted by Gasteiger charge is -2.20. The molecular weight excluding hydrogens is 222 g/mol. The summed E-state index contributed by atoms with van der Waals surface area (Å²) in [7, 11) is 1.90. The Kier molecular flexibility index (Phi) is 4.19. The Bertz CT molecular complexity index is 450. The summed E-state index contributed by atoms with van der Waals surface area (Å²) in [5, 5.41) is 0. The molecule has 0 N–H and O–H groups in total. The van der Waals surface area contributed by atoms with Gasteiger partial charge in [0, 0.05) is 20.0 Å². The highest BCUT2D eigenvalue weighted by atomic mass is 16.2. The highest BCUT2D eigenvalue weighted by molar-refractivity contribution is 5.76. The highest BCUT2D eigenvalue weighted by Gasteiger charge is 2.17. The van der Waals surface area contributed by atoms with Gasteiger partial charge in [0.25, 0.3) is 0 Å². The van der Waals surface area contributed by atoms with Gasteiger partial charge in [0.2, 0.25) is 5.91 Å². The van der Waals surface area contributed by atoms with Gasteiger partial charge in [0.05, 0.1) is 0 Å². The van der Waals surface area contributed by atoms with E-state index >= 15 is 0 Å². The van der Waals surface area contributed by atoms with E-state index in [0.29, 0.717) is 18.9 Å². The van der Waals surface area contributed by atoms with Crippen molar-refractivity contribution in [3.8, 4) is 0 Å². The molecule has 1 atom stereocenters. The fourth-order valence-electron chi connectivity index (χ4n) is 2.38. The summed E-state index contributed by atoms with van der Waals surface area (Å²) in [5.41, 5.74) is 2.48. The third-order valence-corrected chi connectivity index (χ3v) is 3.64. The van der Waals surface area contributed by atoms with Crippen LogP contribution in [-0.2, 0) is 11.3 Å². The molecule has 0 heterocycles. The number of amides is 1. The summed E-state index contributed by atoms with van der Waals surface area (Å²) in [4.78, 5) is 13.9. The van der Waals surface area contributed by atoms with E-state index in [4.69, 9.17) is 0 Å². The van der Waals surface area contributed by atoms with E-state index in [1.54, 1.807) is 0 Å². The lowest BCUT2D eigenvalue weighted by Crippen LogP contribution is -2.27. The molecule has 0 aromatic heterocycles. The largest absolute Gasteiger partial charge is 0.341 e. The number of rotatable bonds is 4. The van der Waals surface area contributed by atoms with Crippen LogP contribution in [0, 0.1) is 12.8 Å². The van der Waals surface area contributed by atoms with Gasteiger partial charge in [0.1, 0.15) is 0 Å². The van der Waals surface area contributed by atoms with E-state index < -0.39 is 0 Å². The molecule has 1 aromatic rings. The molecule has 0 spiro atoms. The molecule has 1 aliphatic rings. The van der Waals surface area contributed by atoms with Crippen LogP contribution in [-0.4, -0.2) is 17.9 Å². The SMILES string of the molecule is Cc1ccccc1CN(C)C(=O)CC1C=CCC1. The maximum absolute atomic E-state index is 12.1. The van der Waals surface area contributed by atoms with Crippen LogP contribution in [0.3, 0.4) is 0 Å². The molecular formula is C16H21NO. The molecule has 0 saturated heterocycles. The first kappa shape index (κ1) is 12.9. The average molecular weight is 243 g/mol. The van der Waals surface area contributed by atoms with Gasteiger partial charge >= 0.3 is 0 Å². The summed E-state index contributed by atoms with van der Waals surface area (Å²) in [6, 6.07) is 8.24. The van der Waals surface area contributed by atoms with Crippen LogP contribution >= 0.6 is 0 Å². The maximum atomic E-state index is 12.1. The molecule has 0 aliphatic heterocycles. The van der Waals surface area contributed by atoms with Gasteiger partial charge in [0.15, 0.2) is 0 Å². The van der Waals surface area contributed by atoms with Crippen molar-refractivity contribution >= 4 is 5.91 Å². The maximum Gasteiger partial charge on any atom is 0.223 e. The first-order valence-corrected chi connectivity index (χ1v) is 6.62. The van der Waals surface area contributed by atoms with E-state index in [9.17, 15) is 4.79 Å². The second-order valence-corrected chi connectivity index (χ2v) is 5.15. The van der Waals surface area contributed by atoms with Crippen molar-refractivity contribution in [1.82, 2.24) is 4.90 Å². The molecule has 1 aromatic carbocycles. The van der Waals surface area contributed by atoms with E-state index in [-0.39, 0.29) is 5.91 Å². The summed E-state index contributed by atoms with van der Waals surface area (Å²) in [6.45, 7) is 2.80. The standard InChI is InChI=1S/C16H21NO/c1-13-7-3-6-10-15(13)12-17(2)16(18)11-14-8-4-5-9-14/h3-4,6-8,10,14H,5,9,11-12H2,1-2H3. The molecule has 2 heteroatoms. The topological polar surface area (TPSA) is 20.3 Å². The van der Waals surface area contributed by atoms with Crippen LogP contribution in [0.5, 0.6) is 0 Å². The molecule has 2 nitrogen and oxygen atoms in total. The Morgan fingerprint density at radius 3 is 2.83 bits per heavy atom. The first-order valence-electron chi connectivity index (χ1n) is 6.62. The zero-order chi connectivity index (χ0) is 13.0. The van der Waals surface area contributed by atoms with E-state index in [1.165, 1.54) is 11.1 Å². The van der Waals surface area contributed by atoms with Crippen LogP contribution in [0.1, 0.15) is 30.4 Å². The molecule has 0 saturated carbocycles. The van der Waals surface area contributed by atoms with Crippen molar-refractivity contribution in [2.75, 3.05) is 7.05 Å². The van der Waals surface area contributed by atoms with Crippen LogP contribution in [0.2, 0.25) is 0 Å². The monoisotopic (exact) mass is 243 g/mol. The third-order valence-electron chi connectivity index (χ3n) is 3.64. The predicted molar refractivity (Wildman–Crippen MR) is 74.1 cm³/mol. The van der Waals surface area contributed by atoms with Crippen LogP contribution in [0.4, 0.5) is 0 Å². The predicted octanol–water partition coefficient (Wildman–Crippen LogP) is 3.31. The second-order valence-electron chi connectivity index (χ2n) is 5.15. The number of allylic oxidation sites excluding steroid dienone is 2. The summed E-state index contributed by atoms with van der Waals surface area (Å²) < 4.78 is 0. The molecule has 18 heavy (non-hydrogen) atoms. The smallest absolute Gasteiger partial charge is 0.223 e. The molecule has 96 valence electrons. The Hall–Kier alpha value is -1.57. The van der Waals surface area contributed by atoms with Crippen LogP contribution in [0.15, 0.2) is 36.4 Å². The van der Waals surface area contributed by atoms with Gasteiger partial charge in [-0.3, -0.25) is 4.79 Å². The Morgan fingerprint density at radius 2 is 2.17 bits per heavy atom. The zero-order valence-corrected chi connectivity index (χ0v) is 11.2. The third kappa shape index (κ3) is 3.22. The fourth-order valence-corrected chi connectivity index (χ4v) is 2.38. The second kappa shape index (κ2) is 5.85. The molecule has 1 amide bonds. The van der Waals surface area contributed by atoms with Gasteiger partial charge in [-0.1, -0.05) is 36.4 Å². The minimum atomic E-state index is 0.245. The normalized spacial score (nSPS) is 18.0. The Morgan fingerprint density at radius 1 is 1.39 bits per heavy atom. The van der Waals surface area contributed by atoms with Gasteiger partial charge in [-0.25, -0.2) is 0 Å². The number of carbonyl (C=O) groups excluding carboxylic acids is 1. The average Bonchev–Trinajstić information content (AvgIpc) is 2.84. The Balaban J connectivity index is 1.91. The van der Waals surface area contributed by atoms with E-state index in [2.05, 4.69) is 31.2 Å². The highest BCUT2D eigenvalue weighted by Crippen LogP contribution is 2.21. The van der Waals surface area contributed by atoms with Gasteiger partial charge in [-0.15, -0.1) is 0 Å². The number of nitrogens with zero attached hydrogens (tertiary/aromatic N) is 1. The van der Waals surface area contributed by atoms with Gasteiger partial charge in [-0.2, -0.15) is 0 Å². The molecule has 1 aliphatic carbocycles. The lowest BCUT2D eigenvalue weighted by molar-refractivity contribution is -0.131. The van der Waals surface area contributed by atoms with Crippen molar-refractivity contribution in [3.63, 3.8) is 0 Å². The summed E-state index contributed by atoms with van der Waals surface area (Å²) in [6.07, 6.45) is 7.26. The van der Waals surface area contributed by atoms with Crippen molar-refractivity contribution in [2.45, 2.75) is 32.7 Å². The molecule has 2 rings (SSSR count). The zero-order valence-electron chi connectivity index (χ0n) is 11.2. The summed E-state index contributed by atoms with van der Waals surface area (Å²) in [5.74, 6) is 0.701. The van der Waals surface area contributed by atoms with Crippen molar-refractivity contribution in [1.29, 1.82) is 0 Å². The number of aryl methyl sites for hydroxylation is 1. The lowest BCUT2D eigenvalue weighted by atomic mass is 10.0. The summed E-state index contributed by atoms with van der Waals surface area (Å²) >= 11 is 0. The number of hydrogen-bond donors (Lipinski definition) is 0. The number of carbonyl (C=O) groups is 1. The quantitative estimate of drug-likeness (QED) is 0.743. The van der Waals surface area contributed by atoms with Crippen LogP contribution in [0.25, 0.3) is 0 Å². The molecule has 0 bridgehead atoms. The molecule has 1 unspecified atom stereocenters. The Labute approximate surface area is 109 Å². The number of hydrogen-bond acceptors (Lipinski definition) is 1. The molecule has 0 radical (unpaired) electrons.